The van der Waals surface area contributed by atoms with E-state index in [1.165, 1.54) is 44.9 Å². The standard InChI is InChI=1S/C19H38N2/c1-6-19(4,5)17-11-10-16(13-20)18(12-17)21-14(2)8-7-9-15(21)3/h14-18H,6-13,20H2,1-5H3. The van der Waals surface area contributed by atoms with Crippen LogP contribution in [0.3, 0.4) is 0 Å². The maximum atomic E-state index is 6.15. The van der Waals surface area contributed by atoms with E-state index in [2.05, 4.69) is 39.5 Å². The van der Waals surface area contributed by atoms with Crippen LogP contribution in [0.2, 0.25) is 0 Å². The average molecular weight is 295 g/mol. The van der Waals surface area contributed by atoms with Crippen LogP contribution in [0, 0.1) is 17.3 Å². The molecule has 1 saturated heterocycles. The van der Waals surface area contributed by atoms with Gasteiger partial charge in [-0.1, -0.05) is 33.6 Å². The van der Waals surface area contributed by atoms with Crippen LogP contribution in [0.5, 0.6) is 0 Å². The SMILES string of the molecule is CCC(C)(C)C1CCC(CN)C(N2C(C)CCCC2C)C1. The summed E-state index contributed by atoms with van der Waals surface area (Å²) in [4.78, 5) is 2.86. The summed E-state index contributed by atoms with van der Waals surface area (Å²) in [6, 6.07) is 2.22. The summed E-state index contributed by atoms with van der Waals surface area (Å²) in [6.45, 7) is 13.1. The van der Waals surface area contributed by atoms with Gasteiger partial charge in [-0.2, -0.15) is 0 Å². The maximum absolute atomic E-state index is 6.15. The normalized spacial score (nSPS) is 39.4. The minimum atomic E-state index is 0.486. The van der Waals surface area contributed by atoms with Gasteiger partial charge in [-0.15, -0.1) is 0 Å². The van der Waals surface area contributed by atoms with Crippen molar-refractivity contribution in [3.05, 3.63) is 0 Å². The number of likely N-dealkylation sites (tertiary alicyclic amines) is 1. The molecule has 2 N–H and O–H groups in total. The second-order valence-corrected chi connectivity index (χ2v) is 8.49. The molecular formula is C19H38N2. The van der Waals surface area contributed by atoms with Gasteiger partial charge in [0.1, 0.15) is 0 Å². The topological polar surface area (TPSA) is 29.3 Å². The van der Waals surface area contributed by atoms with Crippen molar-refractivity contribution >= 4 is 0 Å². The van der Waals surface area contributed by atoms with Gasteiger partial charge in [0.15, 0.2) is 0 Å². The molecule has 0 amide bonds. The van der Waals surface area contributed by atoms with Gasteiger partial charge in [-0.25, -0.2) is 0 Å². The number of hydrogen-bond acceptors (Lipinski definition) is 2. The molecule has 1 aliphatic heterocycles. The molecule has 1 heterocycles. The van der Waals surface area contributed by atoms with E-state index in [0.717, 1.165) is 36.5 Å². The Hall–Kier alpha value is -0.0800. The average Bonchev–Trinajstić information content (AvgIpc) is 2.47. The zero-order chi connectivity index (χ0) is 15.6. The first-order chi connectivity index (χ1) is 9.90. The van der Waals surface area contributed by atoms with E-state index in [4.69, 9.17) is 5.73 Å². The van der Waals surface area contributed by atoms with Crippen LogP contribution >= 0.6 is 0 Å². The lowest BCUT2D eigenvalue weighted by Gasteiger charge is -2.52. The van der Waals surface area contributed by atoms with E-state index in [0.29, 0.717) is 5.41 Å². The first-order valence-corrected chi connectivity index (χ1v) is 9.38. The molecule has 2 aliphatic rings. The second-order valence-electron chi connectivity index (χ2n) is 8.49. The van der Waals surface area contributed by atoms with Gasteiger partial charge in [0.05, 0.1) is 0 Å². The molecular weight excluding hydrogens is 256 g/mol. The van der Waals surface area contributed by atoms with Crippen LogP contribution in [-0.4, -0.2) is 29.6 Å². The van der Waals surface area contributed by atoms with Crippen molar-refractivity contribution < 1.29 is 0 Å². The molecule has 5 unspecified atom stereocenters. The monoisotopic (exact) mass is 294 g/mol. The van der Waals surface area contributed by atoms with Crippen molar-refractivity contribution in [1.29, 1.82) is 0 Å². The minimum absolute atomic E-state index is 0.486. The molecule has 124 valence electrons. The molecule has 1 saturated carbocycles. The summed E-state index contributed by atoms with van der Waals surface area (Å²) in [7, 11) is 0. The maximum Gasteiger partial charge on any atom is 0.0144 e. The Morgan fingerprint density at radius 2 is 1.67 bits per heavy atom. The van der Waals surface area contributed by atoms with E-state index < -0.39 is 0 Å². The molecule has 0 aromatic carbocycles. The van der Waals surface area contributed by atoms with E-state index >= 15 is 0 Å². The number of nitrogens with zero attached hydrogens (tertiary/aromatic N) is 1. The van der Waals surface area contributed by atoms with Gasteiger partial charge in [0.2, 0.25) is 0 Å². The van der Waals surface area contributed by atoms with Gasteiger partial charge in [-0.3, -0.25) is 4.90 Å². The molecule has 2 heteroatoms. The predicted molar refractivity (Wildman–Crippen MR) is 92.4 cm³/mol. The van der Waals surface area contributed by atoms with Gasteiger partial charge < -0.3 is 5.73 Å². The van der Waals surface area contributed by atoms with Gasteiger partial charge in [0.25, 0.3) is 0 Å². The Labute approximate surface area is 132 Å². The molecule has 2 nitrogen and oxygen atoms in total. The first-order valence-electron chi connectivity index (χ1n) is 9.38. The molecule has 0 radical (unpaired) electrons. The Morgan fingerprint density at radius 3 is 2.19 bits per heavy atom. The highest BCUT2D eigenvalue weighted by Gasteiger charge is 2.42. The number of piperidine rings is 1. The molecule has 0 aromatic heterocycles. The van der Waals surface area contributed by atoms with E-state index in [1.54, 1.807) is 0 Å². The number of hydrogen-bond donors (Lipinski definition) is 1. The third kappa shape index (κ3) is 3.64. The fourth-order valence-electron chi connectivity index (χ4n) is 4.94. The molecule has 21 heavy (non-hydrogen) atoms. The molecule has 1 aliphatic carbocycles. The molecule has 0 spiro atoms. The second kappa shape index (κ2) is 7.00. The molecule has 0 aromatic rings. The first kappa shape index (κ1) is 17.3. The third-order valence-corrected chi connectivity index (χ3v) is 6.92. The zero-order valence-electron chi connectivity index (χ0n) is 15.1. The molecule has 2 fully saturated rings. The van der Waals surface area contributed by atoms with Crippen LogP contribution in [0.15, 0.2) is 0 Å². The quantitative estimate of drug-likeness (QED) is 0.831. The van der Waals surface area contributed by atoms with Crippen LogP contribution < -0.4 is 5.73 Å². The lowest BCUT2D eigenvalue weighted by atomic mass is 9.65. The summed E-state index contributed by atoms with van der Waals surface area (Å²) in [6.07, 6.45) is 9.55. The van der Waals surface area contributed by atoms with Crippen LogP contribution in [-0.2, 0) is 0 Å². The van der Waals surface area contributed by atoms with Crippen molar-refractivity contribution in [3.63, 3.8) is 0 Å². The highest BCUT2D eigenvalue weighted by Crippen LogP contribution is 2.45. The fraction of sp³-hybridized carbons (Fsp3) is 1.00. The summed E-state index contributed by atoms with van der Waals surface area (Å²) in [5.74, 6) is 1.59. The van der Waals surface area contributed by atoms with Crippen molar-refractivity contribution in [2.24, 2.45) is 23.0 Å². The van der Waals surface area contributed by atoms with E-state index in [1.807, 2.05) is 0 Å². The highest BCUT2D eigenvalue weighted by molar-refractivity contribution is 4.95. The Kier molecular flexibility index (Phi) is 5.76. The van der Waals surface area contributed by atoms with E-state index in [9.17, 15) is 0 Å². The van der Waals surface area contributed by atoms with Gasteiger partial charge >= 0.3 is 0 Å². The molecule has 2 rings (SSSR count). The number of nitrogens with two attached hydrogens (primary N) is 1. The fourth-order valence-corrected chi connectivity index (χ4v) is 4.94. The third-order valence-electron chi connectivity index (χ3n) is 6.92. The van der Waals surface area contributed by atoms with Crippen molar-refractivity contribution in [2.75, 3.05) is 6.54 Å². The smallest absolute Gasteiger partial charge is 0.0144 e. The van der Waals surface area contributed by atoms with Crippen molar-refractivity contribution in [1.82, 2.24) is 4.90 Å². The predicted octanol–water partition coefficient (Wildman–Crippen LogP) is 4.43. The summed E-state index contributed by atoms with van der Waals surface area (Å²) in [5.41, 5.74) is 6.64. The van der Waals surface area contributed by atoms with Gasteiger partial charge in [0, 0.05) is 18.1 Å². The van der Waals surface area contributed by atoms with Crippen molar-refractivity contribution in [2.45, 2.75) is 97.7 Å². The molecule has 5 atom stereocenters. The molecule has 0 bridgehead atoms. The Bertz CT molecular complexity index is 316. The van der Waals surface area contributed by atoms with Crippen LogP contribution in [0.25, 0.3) is 0 Å². The lowest BCUT2D eigenvalue weighted by molar-refractivity contribution is -0.0214. The largest absolute Gasteiger partial charge is 0.330 e. The van der Waals surface area contributed by atoms with Gasteiger partial charge in [-0.05, 0) is 69.7 Å². The summed E-state index contributed by atoms with van der Waals surface area (Å²) in [5, 5.41) is 0. The van der Waals surface area contributed by atoms with Crippen LogP contribution in [0.1, 0.15) is 79.6 Å². The Morgan fingerprint density at radius 1 is 1.05 bits per heavy atom. The lowest BCUT2D eigenvalue weighted by Crippen LogP contribution is -2.56. The van der Waals surface area contributed by atoms with E-state index in [-0.39, 0.29) is 0 Å². The summed E-state index contributed by atoms with van der Waals surface area (Å²) < 4.78 is 0. The Balaban J connectivity index is 2.16. The highest BCUT2D eigenvalue weighted by atomic mass is 15.2. The zero-order valence-corrected chi connectivity index (χ0v) is 15.1. The minimum Gasteiger partial charge on any atom is -0.330 e. The van der Waals surface area contributed by atoms with Crippen LogP contribution in [0.4, 0.5) is 0 Å². The summed E-state index contributed by atoms with van der Waals surface area (Å²) >= 11 is 0. The number of rotatable bonds is 4. The van der Waals surface area contributed by atoms with Crippen molar-refractivity contribution in [3.8, 4) is 0 Å².